The van der Waals surface area contributed by atoms with Gasteiger partial charge in [0.2, 0.25) is 0 Å². The highest BCUT2D eigenvalue weighted by molar-refractivity contribution is 9.10. The molecule has 42 heavy (non-hydrogen) atoms. The molecule has 0 aliphatic carbocycles. The van der Waals surface area contributed by atoms with E-state index in [9.17, 15) is 9.59 Å². The number of carbonyl (C=O) groups is 1. The SMILES string of the molecule is COCCN(C(=O)Nc1cccc2ccccc12)C(C)c1nc2ccccc2c(=O)n1-c1cc(OC)cc(OC)c1Br. The van der Waals surface area contributed by atoms with E-state index in [1.165, 1.54) is 4.57 Å². The number of fused-ring (bicyclic) bond motifs is 2. The number of aromatic nitrogens is 2. The molecule has 9 nitrogen and oxygen atoms in total. The Morgan fingerprint density at radius 3 is 2.43 bits per heavy atom. The van der Waals surface area contributed by atoms with Crippen molar-refractivity contribution < 1.29 is 19.0 Å². The number of ether oxygens (including phenoxy) is 3. The molecule has 1 aromatic heterocycles. The largest absolute Gasteiger partial charge is 0.497 e. The zero-order valence-corrected chi connectivity index (χ0v) is 25.3. The van der Waals surface area contributed by atoms with E-state index >= 15 is 0 Å². The second-order valence-electron chi connectivity index (χ2n) is 9.61. The molecule has 1 N–H and O–H groups in total. The van der Waals surface area contributed by atoms with Gasteiger partial charge in [0.15, 0.2) is 0 Å². The molecule has 0 radical (unpaired) electrons. The average molecular weight is 632 g/mol. The highest BCUT2D eigenvalue weighted by Crippen LogP contribution is 2.37. The van der Waals surface area contributed by atoms with Crippen LogP contribution in [0.4, 0.5) is 10.5 Å². The van der Waals surface area contributed by atoms with Crippen molar-refractivity contribution in [2.24, 2.45) is 0 Å². The Morgan fingerprint density at radius 1 is 0.976 bits per heavy atom. The second-order valence-corrected chi connectivity index (χ2v) is 10.4. The van der Waals surface area contributed by atoms with Gasteiger partial charge in [0, 0.05) is 31.2 Å². The Bertz CT molecular complexity index is 1820. The molecule has 10 heteroatoms. The molecule has 0 saturated carbocycles. The molecule has 5 rings (SSSR count). The molecule has 0 aliphatic rings. The number of benzene rings is 4. The molecule has 5 aromatic rings. The third-order valence-electron chi connectivity index (χ3n) is 7.16. The van der Waals surface area contributed by atoms with Gasteiger partial charge in [-0.15, -0.1) is 0 Å². The molecule has 1 heterocycles. The van der Waals surface area contributed by atoms with E-state index in [4.69, 9.17) is 19.2 Å². The van der Waals surface area contributed by atoms with E-state index in [1.807, 2.05) is 55.5 Å². The Labute approximate surface area is 251 Å². The average Bonchev–Trinajstić information content (AvgIpc) is 3.01. The molecular formula is C32H31BrN4O5. The van der Waals surface area contributed by atoms with Crippen molar-refractivity contribution in [2.45, 2.75) is 13.0 Å². The molecule has 216 valence electrons. The maximum Gasteiger partial charge on any atom is 0.322 e. The number of carbonyl (C=O) groups excluding carboxylic acids is 1. The van der Waals surface area contributed by atoms with Crippen LogP contribution < -0.4 is 20.3 Å². The number of nitrogens with one attached hydrogen (secondary N) is 1. The number of methoxy groups -OCH3 is 3. The normalized spacial score (nSPS) is 11.8. The van der Waals surface area contributed by atoms with Gasteiger partial charge in [0.1, 0.15) is 17.3 Å². The minimum absolute atomic E-state index is 0.250. The number of hydrogen-bond acceptors (Lipinski definition) is 6. The summed E-state index contributed by atoms with van der Waals surface area (Å²) < 4.78 is 18.5. The summed E-state index contributed by atoms with van der Waals surface area (Å²) in [5, 5.41) is 5.43. The summed E-state index contributed by atoms with van der Waals surface area (Å²) in [5.41, 5.74) is 1.38. The van der Waals surface area contributed by atoms with Crippen LogP contribution in [0.25, 0.3) is 27.4 Å². The van der Waals surface area contributed by atoms with Gasteiger partial charge in [-0.3, -0.25) is 9.36 Å². The van der Waals surface area contributed by atoms with Crippen LogP contribution in [0.2, 0.25) is 0 Å². The first kappa shape index (κ1) is 29.1. The van der Waals surface area contributed by atoms with Gasteiger partial charge in [-0.2, -0.15) is 0 Å². The summed E-state index contributed by atoms with van der Waals surface area (Å²) in [6, 6.07) is 23.2. The third kappa shape index (κ3) is 5.55. The van der Waals surface area contributed by atoms with Gasteiger partial charge < -0.3 is 24.4 Å². The maximum atomic E-state index is 14.1. The lowest BCUT2D eigenvalue weighted by Crippen LogP contribution is -2.41. The summed E-state index contributed by atoms with van der Waals surface area (Å²) >= 11 is 3.62. The summed E-state index contributed by atoms with van der Waals surface area (Å²) in [7, 11) is 4.66. The molecule has 0 aliphatic heterocycles. The van der Waals surface area contributed by atoms with E-state index in [1.54, 1.807) is 56.6 Å². The molecule has 0 bridgehead atoms. The number of para-hydroxylation sites is 1. The van der Waals surface area contributed by atoms with Crippen LogP contribution in [0.5, 0.6) is 11.5 Å². The lowest BCUT2D eigenvalue weighted by atomic mass is 10.1. The number of nitrogens with zero attached hydrogens (tertiary/aromatic N) is 3. The molecule has 4 aromatic carbocycles. The van der Waals surface area contributed by atoms with Gasteiger partial charge in [0.25, 0.3) is 5.56 Å². The number of anilines is 1. The van der Waals surface area contributed by atoms with Gasteiger partial charge in [-0.25, -0.2) is 9.78 Å². The van der Waals surface area contributed by atoms with Crippen LogP contribution in [-0.2, 0) is 4.74 Å². The quantitative estimate of drug-likeness (QED) is 0.198. The zero-order chi connectivity index (χ0) is 29.8. The number of amides is 2. The van der Waals surface area contributed by atoms with Crippen LogP contribution in [0.1, 0.15) is 18.8 Å². The van der Waals surface area contributed by atoms with Gasteiger partial charge in [-0.1, -0.05) is 48.5 Å². The van der Waals surface area contributed by atoms with Crippen molar-refractivity contribution in [2.75, 3.05) is 39.8 Å². The maximum absolute atomic E-state index is 14.1. The summed E-state index contributed by atoms with van der Waals surface area (Å²) in [5.74, 6) is 1.33. The first-order valence-electron chi connectivity index (χ1n) is 13.4. The van der Waals surface area contributed by atoms with Gasteiger partial charge >= 0.3 is 6.03 Å². The Morgan fingerprint density at radius 2 is 1.69 bits per heavy atom. The third-order valence-corrected chi connectivity index (χ3v) is 7.96. The van der Waals surface area contributed by atoms with Crippen molar-refractivity contribution in [3.8, 4) is 17.2 Å². The minimum Gasteiger partial charge on any atom is -0.497 e. The molecule has 0 spiro atoms. The first-order chi connectivity index (χ1) is 20.4. The molecule has 1 atom stereocenters. The van der Waals surface area contributed by atoms with E-state index in [2.05, 4.69) is 21.2 Å². The van der Waals surface area contributed by atoms with E-state index in [-0.39, 0.29) is 24.7 Å². The predicted molar refractivity (Wildman–Crippen MR) is 168 cm³/mol. The van der Waals surface area contributed by atoms with Crippen LogP contribution in [-0.4, -0.2) is 55.0 Å². The van der Waals surface area contributed by atoms with Crippen molar-refractivity contribution in [3.05, 3.63) is 99.5 Å². The lowest BCUT2D eigenvalue weighted by Gasteiger charge is -2.31. The highest BCUT2D eigenvalue weighted by Gasteiger charge is 2.28. The smallest absolute Gasteiger partial charge is 0.322 e. The standard InChI is InChI=1S/C32H31BrN4O5/c1-20(36(16-17-40-2)32(39)35-25-15-9-11-21-10-5-6-12-23(21)25)30-34-26-14-8-7-13-24(26)31(38)37(30)27-18-22(41-3)19-28(42-4)29(27)33/h5-15,18-20H,16-17H2,1-4H3,(H,35,39). The van der Waals surface area contributed by atoms with Gasteiger partial charge in [-0.05, 0) is 46.4 Å². The number of urea groups is 1. The van der Waals surface area contributed by atoms with Crippen LogP contribution in [0.15, 0.2) is 88.1 Å². The second kappa shape index (κ2) is 12.6. The Hall–Kier alpha value is -4.41. The fourth-order valence-electron chi connectivity index (χ4n) is 4.97. The summed E-state index contributed by atoms with van der Waals surface area (Å²) in [4.78, 5) is 34.6. The summed E-state index contributed by atoms with van der Waals surface area (Å²) in [6.07, 6.45) is 0. The molecule has 1 unspecified atom stereocenters. The van der Waals surface area contributed by atoms with Crippen molar-refractivity contribution >= 4 is 49.3 Å². The number of halogens is 1. The van der Waals surface area contributed by atoms with Crippen LogP contribution in [0.3, 0.4) is 0 Å². The predicted octanol–water partition coefficient (Wildman–Crippen LogP) is 6.56. The molecule has 0 saturated heterocycles. The fourth-order valence-corrected chi connectivity index (χ4v) is 5.54. The monoisotopic (exact) mass is 630 g/mol. The minimum atomic E-state index is -0.656. The number of rotatable bonds is 9. The van der Waals surface area contributed by atoms with Gasteiger partial charge in [0.05, 0.1) is 53.6 Å². The molecular weight excluding hydrogens is 600 g/mol. The topological polar surface area (TPSA) is 94.9 Å². The van der Waals surface area contributed by atoms with Crippen LogP contribution >= 0.6 is 15.9 Å². The lowest BCUT2D eigenvalue weighted by molar-refractivity contribution is 0.137. The van der Waals surface area contributed by atoms with E-state index in [0.29, 0.717) is 44.1 Å². The Balaban J connectivity index is 1.67. The number of hydrogen-bond donors (Lipinski definition) is 1. The highest BCUT2D eigenvalue weighted by atomic mass is 79.9. The van der Waals surface area contributed by atoms with Crippen molar-refractivity contribution in [1.29, 1.82) is 0 Å². The summed E-state index contributed by atoms with van der Waals surface area (Å²) in [6.45, 7) is 2.37. The van der Waals surface area contributed by atoms with Crippen LogP contribution in [0, 0.1) is 0 Å². The molecule has 2 amide bonds. The van der Waals surface area contributed by atoms with Crippen molar-refractivity contribution in [3.63, 3.8) is 0 Å². The Kier molecular flexibility index (Phi) is 8.75. The van der Waals surface area contributed by atoms with E-state index < -0.39 is 6.04 Å². The molecule has 0 fully saturated rings. The zero-order valence-electron chi connectivity index (χ0n) is 23.8. The first-order valence-corrected chi connectivity index (χ1v) is 14.1. The van der Waals surface area contributed by atoms with E-state index in [0.717, 1.165) is 10.8 Å². The van der Waals surface area contributed by atoms with Crippen molar-refractivity contribution in [1.82, 2.24) is 14.5 Å². The fraction of sp³-hybridized carbons (Fsp3) is 0.219.